The number of anilines is 2. The third-order valence-corrected chi connectivity index (χ3v) is 5.46. The zero-order chi connectivity index (χ0) is 22.2. The highest BCUT2D eigenvalue weighted by atomic mass is 16.5. The maximum atomic E-state index is 13.1. The number of rotatable bonds is 9. The van der Waals surface area contributed by atoms with Crippen molar-refractivity contribution in [1.82, 2.24) is 5.32 Å². The SMILES string of the molecule is CCOCCCNC(=O)c1cc(NC(=O)C(C)C)ccc1N1CCc2ccccc2C1. The Morgan fingerprint density at radius 1 is 1.13 bits per heavy atom. The Morgan fingerprint density at radius 3 is 2.65 bits per heavy atom. The zero-order valence-electron chi connectivity index (χ0n) is 18.7. The first kappa shape index (κ1) is 22.8. The van der Waals surface area contributed by atoms with E-state index in [9.17, 15) is 9.59 Å². The first-order valence-corrected chi connectivity index (χ1v) is 11.1. The van der Waals surface area contributed by atoms with Crippen LogP contribution in [0.5, 0.6) is 0 Å². The van der Waals surface area contributed by atoms with Gasteiger partial charge in [-0.25, -0.2) is 0 Å². The summed E-state index contributed by atoms with van der Waals surface area (Å²) in [4.78, 5) is 27.5. The highest BCUT2D eigenvalue weighted by Crippen LogP contribution is 2.29. The molecule has 6 heteroatoms. The standard InChI is InChI=1S/C25H33N3O3/c1-4-31-15-7-13-26-25(30)22-16-21(27-24(29)18(2)3)10-11-23(22)28-14-12-19-8-5-6-9-20(19)17-28/h5-6,8-11,16,18H,4,7,12-15,17H2,1-3H3,(H,26,30)(H,27,29). The molecule has 3 rings (SSSR count). The van der Waals surface area contributed by atoms with Crippen LogP contribution in [0.25, 0.3) is 0 Å². The van der Waals surface area contributed by atoms with Crippen molar-refractivity contribution in [2.24, 2.45) is 5.92 Å². The summed E-state index contributed by atoms with van der Waals surface area (Å²) in [7, 11) is 0. The van der Waals surface area contributed by atoms with E-state index < -0.39 is 0 Å². The predicted octanol–water partition coefficient (Wildman–Crippen LogP) is 4.00. The van der Waals surface area contributed by atoms with Crippen LogP contribution in [0.15, 0.2) is 42.5 Å². The third kappa shape index (κ3) is 6.07. The van der Waals surface area contributed by atoms with Crippen LogP contribution in [-0.4, -0.2) is 38.1 Å². The van der Waals surface area contributed by atoms with E-state index in [1.165, 1.54) is 11.1 Å². The largest absolute Gasteiger partial charge is 0.382 e. The van der Waals surface area contributed by atoms with E-state index >= 15 is 0 Å². The van der Waals surface area contributed by atoms with E-state index in [2.05, 4.69) is 39.8 Å². The summed E-state index contributed by atoms with van der Waals surface area (Å²) in [6.45, 7) is 9.10. The van der Waals surface area contributed by atoms with Gasteiger partial charge in [0.1, 0.15) is 0 Å². The van der Waals surface area contributed by atoms with Crippen LogP contribution in [0.4, 0.5) is 11.4 Å². The number of carbonyl (C=O) groups is 2. The highest BCUT2D eigenvalue weighted by molar-refractivity contribution is 6.02. The number of nitrogens with zero attached hydrogens (tertiary/aromatic N) is 1. The van der Waals surface area contributed by atoms with Gasteiger partial charge in [-0.2, -0.15) is 0 Å². The Labute approximate surface area is 185 Å². The lowest BCUT2D eigenvalue weighted by atomic mass is 9.98. The summed E-state index contributed by atoms with van der Waals surface area (Å²) >= 11 is 0. The van der Waals surface area contributed by atoms with Crippen LogP contribution >= 0.6 is 0 Å². The molecular weight excluding hydrogens is 390 g/mol. The molecule has 1 aliphatic heterocycles. The van der Waals surface area contributed by atoms with Gasteiger partial charge in [-0.15, -0.1) is 0 Å². The lowest BCUT2D eigenvalue weighted by molar-refractivity contribution is -0.118. The Kier molecular flexibility index (Phi) is 8.06. The fourth-order valence-corrected chi connectivity index (χ4v) is 3.68. The summed E-state index contributed by atoms with van der Waals surface area (Å²) in [5.41, 5.74) is 4.76. The molecule has 0 unspecified atom stereocenters. The average Bonchev–Trinajstić information content (AvgIpc) is 2.78. The molecule has 6 nitrogen and oxygen atoms in total. The molecule has 0 fully saturated rings. The minimum atomic E-state index is -0.133. The molecule has 0 aromatic heterocycles. The van der Waals surface area contributed by atoms with Gasteiger partial charge in [-0.05, 0) is 49.1 Å². The summed E-state index contributed by atoms with van der Waals surface area (Å²) in [5.74, 6) is -0.331. The quantitative estimate of drug-likeness (QED) is 0.598. The maximum Gasteiger partial charge on any atom is 0.253 e. The minimum absolute atomic E-state index is 0.0669. The molecule has 0 radical (unpaired) electrons. The lowest BCUT2D eigenvalue weighted by Gasteiger charge is -2.32. The summed E-state index contributed by atoms with van der Waals surface area (Å²) in [6, 6.07) is 14.0. The van der Waals surface area contributed by atoms with Crippen molar-refractivity contribution < 1.29 is 14.3 Å². The molecule has 166 valence electrons. The number of hydrogen-bond donors (Lipinski definition) is 2. The van der Waals surface area contributed by atoms with Crippen molar-refractivity contribution in [3.63, 3.8) is 0 Å². The molecule has 1 aliphatic rings. The van der Waals surface area contributed by atoms with Gasteiger partial charge in [-0.1, -0.05) is 38.1 Å². The molecule has 2 N–H and O–H groups in total. The number of hydrogen-bond acceptors (Lipinski definition) is 4. The molecule has 0 spiro atoms. The summed E-state index contributed by atoms with van der Waals surface area (Å²) in [5, 5.41) is 5.91. The average molecular weight is 424 g/mol. The second-order valence-electron chi connectivity index (χ2n) is 8.12. The van der Waals surface area contributed by atoms with Crippen molar-refractivity contribution in [3.8, 4) is 0 Å². The molecule has 2 aromatic rings. The van der Waals surface area contributed by atoms with E-state index in [0.29, 0.717) is 31.0 Å². The van der Waals surface area contributed by atoms with Crippen molar-refractivity contribution in [2.45, 2.75) is 40.2 Å². The first-order valence-electron chi connectivity index (χ1n) is 11.1. The predicted molar refractivity (Wildman–Crippen MR) is 125 cm³/mol. The van der Waals surface area contributed by atoms with Gasteiger partial charge in [0.15, 0.2) is 0 Å². The second-order valence-corrected chi connectivity index (χ2v) is 8.12. The summed E-state index contributed by atoms with van der Waals surface area (Å²) in [6.07, 6.45) is 1.70. The number of fused-ring (bicyclic) bond motifs is 1. The maximum absolute atomic E-state index is 13.1. The Morgan fingerprint density at radius 2 is 1.90 bits per heavy atom. The van der Waals surface area contributed by atoms with Crippen LogP contribution in [-0.2, 0) is 22.5 Å². The van der Waals surface area contributed by atoms with Gasteiger partial charge in [0, 0.05) is 50.1 Å². The molecular formula is C25H33N3O3. The van der Waals surface area contributed by atoms with Gasteiger partial charge in [0.25, 0.3) is 5.91 Å². The van der Waals surface area contributed by atoms with Gasteiger partial charge in [0.2, 0.25) is 5.91 Å². The third-order valence-electron chi connectivity index (χ3n) is 5.46. The number of amides is 2. The molecule has 2 aromatic carbocycles. The minimum Gasteiger partial charge on any atom is -0.382 e. The molecule has 2 amide bonds. The van der Waals surface area contributed by atoms with E-state index in [-0.39, 0.29) is 17.7 Å². The van der Waals surface area contributed by atoms with E-state index in [0.717, 1.165) is 31.6 Å². The Bertz CT molecular complexity index is 911. The van der Waals surface area contributed by atoms with Crippen LogP contribution in [0.1, 0.15) is 48.7 Å². The number of carbonyl (C=O) groups excluding carboxylic acids is 2. The Balaban J connectivity index is 1.81. The summed E-state index contributed by atoms with van der Waals surface area (Å²) < 4.78 is 5.35. The molecule has 31 heavy (non-hydrogen) atoms. The molecule has 1 heterocycles. The van der Waals surface area contributed by atoms with Gasteiger partial charge in [0.05, 0.1) is 5.56 Å². The number of nitrogens with one attached hydrogen (secondary N) is 2. The van der Waals surface area contributed by atoms with Crippen molar-refractivity contribution in [3.05, 3.63) is 59.2 Å². The number of benzene rings is 2. The van der Waals surface area contributed by atoms with Gasteiger partial charge in [-0.3, -0.25) is 9.59 Å². The first-order chi connectivity index (χ1) is 15.0. The smallest absolute Gasteiger partial charge is 0.253 e. The molecule has 0 bridgehead atoms. The van der Waals surface area contributed by atoms with Crippen molar-refractivity contribution in [2.75, 3.05) is 36.5 Å². The van der Waals surface area contributed by atoms with Crippen molar-refractivity contribution in [1.29, 1.82) is 0 Å². The fourth-order valence-electron chi connectivity index (χ4n) is 3.68. The van der Waals surface area contributed by atoms with E-state index in [1.54, 1.807) is 6.07 Å². The topological polar surface area (TPSA) is 70.7 Å². The second kappa shape index (κ2) is 11.0. The molecule has 0 aliphatic carbocycles. The van der Waals surface area contributed by atoms with Crippen LogP contribution in [0.2, 0.25) is 0 Å². The monoisotopic (exact) mass is 423 g/mol. The lowest BCUT2D eigenvalue weighted by Crippen LogP contribution is -2.33. The van der Waals surface area contributed by atoms with E-state index in [1.807, 2.05) is 32.9 Å². The van der Waals surface area contributed by atoms with Crippen LogP contribution in [0, 0.1) is 5.92 Å². The normalized spacial score (nSPS) is 13.1. The fraction of sp³-hybridized carbons (Fsp3) is 0.440. The van der Waals surface area contributed by atoms with Crippen molar-refractivity contribution >= 4 is 23.2 Å². The van der Waals surface area contributed by atoms with Crippen LogP contribution in [0.3, 0.4) is 0 Å². The number of ether oxygens (including phenoxy) is 1. The molecule has 0 saturated heterocycles. The van der Waals surface area contributed by atoms with Gasteiger partial charge < -0.3 is 20.3 Å². The van der Waals surface area contributed by atoms with Gasteiger partial charge >= 0.3 is 0 Å². The highest BCUT2D eigenvalue weighted by Gasteiger charge is 2.22. The zero-order valence-corrected chi connectivity index (χ0v) is 18.7. The Hall–Kier alpha value is -2.86. The molecule has 0 saturated carbocycles. The van der Waals surface area contributed by atoms with Crippen LogP contribution < -0.4 is 15.5 Å². The van der Waals surface area contributed by atoms with E-state index in [4.69, 9.17) is 4.74 Å². The molecule has 0 atom stereocenters.